The van der Waals surface area contributed by atoms with Gasteiger partial charge in [-0.15, -0.1) is 0 Å². The summed E-state index contributed by atoms with van der Waals surface area (Å²) in [7, 11) is 3.89. The van der Waals surface area contributed by atoms with Gasteiger partial charge < -0.3 is 14.6 Å². The average Bonchev–Trinajstić information content (AvgIpc) is 2.34. The second-order valence-corrected chi connectivity index (χ2v) is 5.78. The van der Waals surface area contributed by atoms with Crippen LogP contribution >= 0.6 is 0 Å². The van der Waals surface area contributed by atoms with Crippen LogP contribution in [0.25, 0.3) is 0 Å². The van der Waals surface area contributed by atoms with Gasteiger partial charge >= 0.3 is 5.97 Å². The molecule has 5 nitrogen and oxygen atoms in total. The molecule has 0 aliphatic heterocycles. The first-order valence-corrected chi connectivity index (χ1v) is 6.90. The van der Waals surface area contributed by atoms with E-state index in [9.17, 15) is 14.7 Å². The van der Waals surface area contributed by atoms with Crippen molar-refractivity contribution in [2.24, 2.45) is 5.92 Å². The van der Waals surface area contributed by atoms with Crippen LogP contribution in [0.3, 0.4) is 0 Å². The summed E-state index contributed by atoms with van der Waals surface area (Å²) >= 11 is 0. The largest absolute Gasteiger partial charge is 0.480 e. The fourth-order valence-corrected chi connectivity index (χ4v) is 2.12. The lowest BCUT2D eigenvalue weighted by Gasteiger charge is -2.18. The number of likely N-dealkylation sites (N-methyl/N-ethyl adjacent to an activating group) is 1. The number of aromatic nitrogens is 1. The second kappa shape index (κ2) is 7.24. The van der Waals surface area contributed by atoms with Crippen LogP contribution in [0.2, 0.25) is 0 Å². The normalized spacial score (nSPS) is 12.9. The van der Waals surface area contributed by atoms with Crippen LogP contribution < -0.4 is 5.56 Å². The van der Waals surface area contributed by atoms with E-state index in [-0.39, 0.29) is 11.5 Å². The van der Waals surface area contributed by atoms with Crippen LogP contribution in [0, 0.1) is 5.92 Å². The van der Waals surface area contributed by atoms with E-state index in [1.807, 2.05) is 32.8 Å². The van der Waals surface area contributed by atoms with Crippen molar-refractivity contribution in [2.75, 3.05) is 20.6 Å². The highest BCUT2D eigenvalue weighted by Gasteiger charge is 2.22. The van der Waals surface area contributed by atoms with Crippen molar-refractivity contribution in [1.29, 1.82) is 0 Å². The van der Waals surface area contributed by atoms with Crippen molar-refractivity contribution >= 4 is 5.97 Å². The SMILES string of the molecule is CC(C)CC(C(=O)O)n1cccc(CCN(C)C)c1=O. The van der Waals surface area contributed by atoms with Gasteiger partial charge in [-0.05, 0) is 38.9 Å². The Morgan fingerprint density at radius 2 is 2.05 bits per heavy atom. The molecule has 0 saturated heterocycles. The third-order valence-corrected chi connectivity index (χ3v) is 3.20. The molecule has 0 amide bonds. The highest BCUT2D eigenvalue weighted by Crippen LogP contribution is 2.16. The highest BCUT2D eigenvalue weighted by atomic mass is 16.4. The van der Waals surface area contributed by atoms with Crippen LogP contribution in [0.1, 0.15) is 31.9 Å². The Balaban J connectivity index is 3.07. The standard InChI is InChI=1S/C15H24N2O3/c1-11(2)10-13(15(19)20)17-8-5-6-12(14(17)18)7-9-16(3)4/h5-6,8,11,13H,7,9-10H2,1-4H3,(H,19,20). The van der Waals surface area contributed by atoms with E-state index >= 15 is 0 Å². The van der Waals surface area contributed by atoms with Gasteiger partial charge in [0.25, 0.3) is 5.56 Å². The molecule has 1 N–H and O–H groups in total. The Kier molecular flexibility index (Phi) is 5.95. The number of nitrogens with zero attached hydrogens (tertiary/aromatic N) is 2. The third-order valence-electron chi connectivity index (χ3n) is 3.20. The first-order chi connectivity index (χ1) is 9.32. The molecule has 1 unspecified atom stereocenters. The summed E-state index contributed by atoms with van der Waals surface area (Å²) in [6.07, 6.45) is 2.65. The molecule has 0 bridgehead atoms. The maximum absolute atomic E-state index is 12.4. The minimum Gasteiger partial charge on any atom is -0.480 e. The Bertz CT molecular complexity index is 506. The Hall–Kier alpha value is -1.62. The smallest absolute Gasteiger partial charge is 0.326 e. The minimum absolute atomic E-state index is 0.192. The summed E-state index contributed by atoms with van der Waals surface area (Å²) in [5.41, 5.74) is 0.471. The molecule has 1 aromatic heterocycles. The zero-order valence-corrected chi connectivity index (χ0v) is 12.7. The quantitative estimate of drug-likeness (QED) is 0.824. The Morgan fingerprint density at radius 1 is 1.40 bits per heavy atom. The molecule has 0 saturated carbocycles. The maximum atomic E-state index is 12.4. The molecule has 0 aromatic carbocycles. The molecule has 0 aliphatic carbocycles. The first kappa shape index (κ1) is 16.4. The van der Waals surface area contributed by atoms with Crippen LogP contribution in [0.15, 0.2) is 23.1 Å². The Morgan fingerprint density at radius 3 is 2.55 bits per heavy atom. The number of hydrogen-bond acceptors (Lipinski definition) is 3. The van der Waals surface area contributed by atoms with Crippen molar-refractivity contribution < 1.29 is 9.90 Å². The van der Waals surface area contributed by atoms with E-state index in [0.29, 0.717) is 18.4 Å². The highest BCUT2D eigenvalue weighted by molar-refractivity contribution is 5.71. The first-order valence-electron chi connectivity index (χ1n) is 6.90. The fourth-order valence-electron chi connectivity index (χ4n) is 2.12. The van der Waals surface area contributed by atoms with E-state index in [2.05, 4.69) is 0 Å². The van der Waals surface area contributed by atoms with Crippen LogP contribution in [-0.4, -0.2) is 41.2 Å². The van der Waals surface area contributed by atoms with E-state index < -0.39 is 12.0 Å². The lowest BCUT2D eigenvalue weighted by Crippen LogP contribution is -2.33. The van der Waals surface area contributed by atoms with Gasteiger partial charge in [-0.25, -0.2) is 4.79 Å². The second-order valence-electron chi connectivity index (χ2n) is 5.78. The van der Waals surface area contributed by atoms with Crippen LogP contribution in [0.5, 0.6) is 0 Å². The molecule has 112 valence electrons. The van der Waals surface area contributed by atoms with Crippen LogP contribution in [0.4, 0.5) is 0 Å². The Labute approximate surface area is 119 Å². The van der Waals surface area contributed by atoms with Gasteiger partial charge in [-0.1, -0.05) is 19.9 Å². The predicted molar refractivity (Wildman–Crippen MR) is 79.1 cm³/mol. The summed E-state index contributed by atoms with van der Waals surface area (Å²) in [5, 5.41) is 9.34. The predicted octanol–water partition coefficient (Wildman–Crippen LogP) is 1.62. The molecule has 1 aromatic rings. The van der Waals surface area contributed by atoms with E-state index in [0.717, 1.165) is 6.54 Å². The molecule has 0 aliphatic rings. The summed E-state index contributed by atoms with van der Waals surface area (Å²) in [4.78, 5) is 25.8. The molecular weight excluding hydrogens is 256 g/mol. The van der Waals surface area contributed by atoms with Crippen molar-refractivity contribution in [3.63, 3.8) is 0 Å². The monoisotopic (exact) mass is 280 g/mol. The molecule has 5 heteroatoms. The van der Waals surface area contributed by atoms with Gasteiger partial charge in [-0.2, -0.15) is 0 Å². The summed E-state index contributed by atoms with van der Waals surface area (Å²) in [6.45, 7) is 4.68. The number of rotatable bonds is 7. The van der Waals surface area contributed by atoms with Gasteiger partial charge in [0.05, 0.1) is 0 Å². The van der Waals surface area contributed by atoms with Gasteiger partial charge in [0.1, 0.15) is 6.04 Å². The zero-order valence-electron chi connectivity index (χ0n) is 12.7. The number of hydrogen-bond donors (Lipinski definition) is 1. The topological polar surface area (TPSA) is 62.5 Å². The molecule has 0 spiro atoms. The molecule has 1 heterocycles. The van der Waals surface area contributed by atoms with Crippen molar-refractivity contribution in [3.8, 4) is 0 Å². The summed E-state index contributed by atoms with van der Waals surface area (Å²) in [6, 6.07) is 2.74. The summed E-state index contributed by atoms with van der Waals surface area (Å²) < 4.78 is 1.35. The number of carbonyl (C=O) groups is 1. The van der Waals surface area contributed by atoms with Crippen LogP contribution in [-0.2, 0) is 11.2 Å². The minimum atomic E-state index is -0.953. The van der Waals surface area contributed by atoms with Crippen molar-refractivity contribution in [3.05, 3.63) is 34.2 Å². The lowest BCUT2D eigenvalue weighted by molar-refractivity contribution is -0.141. The number of carboxylic acid groups (broad SMARTS) is 1. The van der Waals surface area contributed by atoms with E-state index in [4.69, 9.17) is 0 Å². The zero-order chi connectivity index (χ0) is 15.3. The molecule has 1 rings (SSSR count). The number of pyridine rings is 1. The van der Waals surface area contributed by atoms with Crippen molar-refractivity contribution in [2.45, 2.75) is 32.7 Å². The number of carboxylic acids is 1. The average molecular weight is 280 g/mol. The molecular formula is C15H24N2O3. The van der Waals surface area contributed by atoms with E-state index in [1.54, 1.807) is 18.3 Å². The number of aliphatic carboxylic acids is 1. The van der Waals surface area contributed by atoms with Gasteiger partial charge in [0.15, 0.2) is 0 Å². The van der Waals surface area contributed by atoms with Gasteiger partial charge in [-0.3, -0.25) is 4.79 Å². The van der Waals surface area contributed by atoms with E-state index in [1.165, 1.54) is 4.57 Å². The van der Waals surface area contributed by atoms with Crippen molar-refractivity contribution in [1.82, 2.24) is 9.47 Å². The lowest BCUT2D eigenvalue weighted by atomic mass is 10.0. The van der Waals surface area contributed by atoms with Gasteiger partial charge in [0, 0.05) is 18.3 Å². The molecule has 1 atom stereocenters. The van der Waals surface area contributed by atoms with Gasteiger partial charge in [0.2, 0.25) is 0 Å². The fraction of sp³-hybridized carbons (Fsp3) is 0.600. The maximum Gasteiger partial charge on any atom is 0.326 e. The molecule has 0 fully saturated rings. The molecule has 20 heavy (non-hydrogen) atoms. The molecule has 0 radical (unpaired) electrons. The third kappa shape index (κ3) is 4.49. The summed E-state index contributed by atoms with van der Waals surface area (Å²) in [5.74, 6) is -0.737.